The Balaban J connectivity index is 1.75. The zero-order valence-electron chi connectivity index (χ0n) is 14.8. The van der Waals surface area contributed by atoms with Gasteiger partial charge in [0.15, 0.2) is 0 Å². The number of carbonyl (C=O) groups is 1. The second-order valence-electron chi connectivity index (χ2n) is 5.97. The van der Waals surface area contributed by atoms with E-state index in [4.69, 9.17) is 0 Å². The summed E-state index contributed by atoms with van der Waals surface area (Å²) in [5.74, 6) is 0.749. The first-order chi connectivity index (χ1) is 12.6. The first kappa shape index (κ1) is 18.1. The van der Waals surface area contributed by atoms with Crippen LogP contribution in [0.5, 0.6) is 0 Å². The lowest BCUT2D eigenvalue weighted by Crippen LogP contribution is -2.27. The Kier molecular flexibility index (Phi) is 5.67. The SMILES string of the molecule is CCCNC(=O)CCc1c(C)nc2nc(NCc3cccs3)[nH]n2c1=O. The number of anilines is 1. The summed E-state index contributed by atoms with van der Waals surface area (Å²) in [5.41, 5.74) is 0.921. The Morgan fingerprint density at radius 3 is 2.96 bits per heavy atom. The summed E-state index contributed by atoms with van der Waals surface area (Å²) >= 11 is 1.65. The Morgan fingerprint density at radius 2 is 2.23 bits per heavy atom. The van der Waals surface area contributed by atoms with Crippen molar-refractivity contribution in [2.24, 2.45) is 0 Å². The van der Waals surface area contributed by atoms with Crippen molar-refractivity contribution in [3.05, 3.63) is 44.0 Å². The number of thiophene rings is 1. The Hall–Kier alpha value is -2.68. The lowest BCUT2D eigenvalue weighted by molar-refractivity contribution is -0.121. The van der Waals surface area contributed by atoms with E-state index in [0.29, 0.717) is 42.5 Å². The number of fused-ring (bicyclic) bond motifs is 1. The Labute approximate surface area is 154 Å². The van der Waals surface area contributed by atoms with Gasteiger partial charge >= 0.3 is 0 Å². The number of H-pyrrole nitrogens is 1. The van der Waals surface area contributed by atoms with Crippen LogP contribution in [0, 0.1) is 6.92 Å². The molecule has 8 nitrogen and oxygen atoms in total. The molecule has 138 valence electrons. The molecular weight excluding hydrogens is 352 g/mol. The highest BCUT2D eigenvalue weighted by molar-refractivity contribution is 7.09. The molecule has 0 unspecified atom stereocenters. The second-order valence-corrected chi connectivity index (χ2v) is 7.00. The van der Waals surface area contributed by atoms with Gasteiger partial charge in [-0.25, -0.2) is 4.98 Å². The summed E-state index contributed by atoms with van der Waals surface area (Å²) in [6.45, 7) is 5.04. The highest BCUT2D eigenvalue weighted by atomic mass is 32.1. The van der Waals surface area contributed by atoms with Gasteiger partial charge in [0.05, 0.1) is 12.2 Å². The molecule has 0 saturated carbocycles. The third-order valence-electron chi connectivity index (χ3n) is 3.98. The van der Waals surface area contributed by atoms with E-state index in [9.17, 15) is 9.59 Å². The van der Waals surface area contributed by atoms with Crippen LogP contribution in [0.4, 0.5) is 5.95 Å². The number of aromatic nitrogens is 4. The Morgan fingerprint density at radius 1 is 1.38 bits per heavy atom. The third-order valence-corrected chi connectivity index (χ3v) is 4.86. The molecule has 1 amide bonds. The summed E-state index contributed by atoms with van der Waals surface area (Å²) in [4.78, 5) is 34.4. The monoisotopic (exact) mass is 374 g/mol. The van der Waals surface area contributed by atoms with Gasteiger partial charge in [0.25, 0.3) is 11.3 Å². The molecule has 0 aromatic carbocycles. The van der Waals surface area contributed by atoms with Crippen molar-refractivity contribution in [2.45, 2.75) is 39.7 Å². The number of aryl methyl sites for hydroxylation is 1. The van der Waals surface area contributed by atoms with Crippen molar-refractivity contribution in [3.63, 3.8) is 0 Å². The second kappa shape index (κ2) is 8.13. The first-order valence-corrected chi connectivity index (χ1v) is 9.47. The maximum Gasteiger partial charge on any atom is 0.277 e. The van der Waals surface area contributed by atoms with Crippen molar-refractivity contribution >= 4 is 29.0 Å². The lowest BCUT2D eigenvalue weighted by Gasteiger charge is -2.05. The molecular formula is C17H22N6O2S. The molecule has 0 spiro atoms. The van der Waals surface area contributed by atoms with E-state index >= 15 is 0 Å². The quantitative estimate of drug-likeness (QED) is 0.558. The van der Waals surface area contributed by atoms with Crippen molar-refractivity contribution in [1.82, 2.24) is 24.9 Å². The predicted molar refractivity (Wildman–Crippen MR) is 102 cm³/mol. The summed E-state index contributed by atoms with van der Waals surface area (Å²) in [7, 11) is 0. The van der Waals surface area contributed by atoms with Crippen LogP contribution >= 0.6 is 11.3 Å². The van der Waals surface area contributed by atoms with Crippen molar-refractivity contribution in [3.8, 4) is 0 Å². The molecule has 0 bridgehead atoms. The van der Waals surface area contributed by atoms with Gasteiger partial charge in [0.1, 0.15) is 0 Å². The van der Waals surface area contributed by atoms with Gasteiger partial charge in [-0.15, -0.1) is 11.3 Å². The van der Waals surface area contributed by atoms with Crippen LogP contribution in [-0.4, -0.2) is 32.0 Å². The molecule has 0 saturated heterocycles. The van der Waals surface area contributed by atoms with Crippen LogP contribution in [0.25, 0.3) is 5.78 Å². The minimum Gasteiger partial charge on any atom is -0.356 e. The fraction of sp³-hybridized carbons (Fsp3) is 0.412. The summed E-state index contributed by atoms with van der Waals surface area (Å²) in [5, 5.41) is 10.9. The van der Waals surface area contributed by atoms with Crippen LogP contribution in [0.2, 0.25) is 0 Å². The number of rotatable bonds is 8. The summed E-state index contributed by atoms with van der Waals surface area (Å²) in [6.07, 6.45) is 1.50. The first-order valence-electron chi connectivity index (χ1n) is 8.59. The molecule has 3 N–H and O–H groups in total. The number of aromatic amines is 1. The van der Waals surface area contributed by atoms with E-state index in [2.05, 4.69) is 25.7 Å². The van der Waals surface area contributed by atoms with E-state index in [0.717, 1.165) is 6.42 Å². The summed E-state index contributed by atoms with van der Waals surface area (Å²) < 4.78 is 1.32. The zero-order chi connectivity index (χ0) is 18.5. The fourth-order valence-corrected chi connectivity index (χ4v) is 3.24. The number of carbonyl (C=O) groups excluding carboxylic acids is 1. The highest BCUT2D eigenvalue weighted by Crippen LogP contribution is 2.11. The minimum atomic E-state index is -0.215. The van der Waals surface area contributed by atoms with E-state index in [1.165, 1.54) is 9.39 Å². The molecule has 0 aliphatic rings. The normalized spacial score (nSPS) is 11.0. The number of nitrogens with one attached hydrogen (secondary N) is 3. The van der Waals surface area contributed by atoms with Gasteiger partial charge in [0.2, 0.25) is 11.9 Å². The average Bonchev–Trinajstić information content (AvgIpc) is 3.27. The lowest BCUT2D eigenvalue weighted by atomic mass is 10.1. The van der Waals surface area contributed by atoms with Gasteiger partial charge in [-0.3, -0.25) is 14.7 Å². The van der Waals surface area contributed by atoms with Crippen LogP contribution in [0.3, 0.4) is 0 Å². The molecule has 3 aromatic heterocycles. The molecule has 0 fully saturated rings. The van der Waals surface area contributed by atoms with E-state index < -0.39 is 0 Å². The van der Waals surface area contributed by atoms with Gasteiger partial charge in [-0.2, -0.15) is 9.50 Å². The largest absolute Gasteiger partial charge is 0.356 e. The van der Waals surface area contributed by atoms with Crippen LogP contribution in [-0.2, 0) is 17.8 Å². The van der Waals surface area contributed by atoms with Crippen LogP contribution in [0.1, 0.15) is 35.9 Å². The van der Waals surface area contributed by atoms with Gasteiger partial charge in [-0.1, -0.05) is 13.0 Å². The topological polar surface area (TPSA) is 104 Å². The molecule has 3 heterocycles. The van der Waals surface area contributed by atoms with Gasteiger partial charge in [0, 0.05) is 23.4 Å². The third kappa shape index (κ3) is 4.10. The molecule has 0 atom stereocenters. The molecule has 0 aliphatic heterocycles. The maximum absolute atomic E-state index is 12.7. The maximum atomic E-state index is 12.7. The zero-order valence-corrected chi connectivity index (χ0v) is 15.7. The summed E-state index contributed by atoms with van der Waals surface area (Å²) in [6, 6.07) is 4.01. The van der Waals surface area contributed by atoms with Gasteiger partial charge in [-0.05, 0) is 31.2 Å². The Bertz CT molecular complexity index is 944. The molecule has 26 heavy (non-hydrogen) atoms. The van der Waals surface area contributed by atoms with Gasteiger partial charge < -0.3 is 10.6 Å². The number of hydrogen-bond donors (Lipinski definition) is 3. The van der Waals surface area contributed by atoms with E-state index in [1.54, 1.807) is 18.3 Å². The average molecular weight is 374 g/mol. The van der Waals surface area contributed by atoms with Crippen molar-refractivity contribution in [1.29, 1.82) is 0 Å². The van der Waals surface area contributed by atoms with E-state index in [-0.39, 0.29) is 17.9 Å². The number of amides is 1. The molecule has 0 radical (unpaired) electrons. The number of hydrogen-bond acceptors (Lipinski definition) is 6. The van der Waals surface area contributed by atoms with E-state index in [1.807, 2.05) is 24.4 Å². The molecule has 3 aromatic rings. The minimum absolute atomic E-state index is 0.0568. The smallest absolute Gasteiger partial charge is 0.277 e. The fourth-order valence-electron chi connectivity index (χ4n) is 2.60. The number of nitrogens with zero attached hydrogens (tertiary/aromatic N) is 3. The standard InChI is InChI=1S/C17H22N6O2S/c1-3-8-18-14(24)7-6-13-11(2)20-17-21-16(22-23(17)15(13)25)19-10-12-5-4-9-26-12/h4-5,9H,3,6-8,10H2,1-2H3,(H,18,24)(H2,19,20,21,22). The van der Waals surface area contributed by atoms with Crippen molar-refractivity contribution < 1.29 is 4.79 Å². The van der Waals surface area contributed by atoms with Crippen LogP contribution < -0.4 is 16.2 Å². The highest BCUT2D eigenvalue weighted by Gasteiger charge is 2.14. The molecule has 0 aliphatic carbocycles. The molecule has 9 heteroatoms. The van der Waals surface area contributed by atoms with Crippen LogP contribution in [0.15, 0.2) is 22.3 Å². The van der Waals surface area contributed by atoms with Crippen molar-refractivity contribution in [2.75, 3.05) is 11.9 Å². The molecule has 3 rings (SSSR count). The predicted octanol–water partition coefficient (Wildman–Crippen LogP) is 1.86.